The second-order valence-electron chi connectivity index (χ2n) is 9.61. The minimum Gasteiger partial charge on any atom is -0.460 e. The van der Waals surface area contributed by atoms with Crippen molar-refractivity contribution in [2.75, 3.05) is 0 Å². The molecule has 8 nitrogen and oxygen atoms in total. The molecule has 4 rings (SSSR count). The summed E-state index contributed by atoms with van der Waals surface area (Å²) in [5, 5.41) is 12.0. The number of aryl methyl sites for hydroxylation is 1. The molecule has 0 radical (unpaired) electrons. The molecule has 2 N–H and O–H groups in total. The molecular formula is C32H31NO7S. The van der Waals surface area contributed by atoms with Crippen molar-refractivity contribution in [2.24, 2.45) is 0 Å². The van der Waals surface area contributed by atoms with Crippen molar-refractivity contribution >= 4 is 22.0 Å². The Bertz CT molecular complexity index is 1540. The van der Waals surface area contributed by atoms with Crippen molar-refractivity contribution in [1.29, 1.82) is 0 Å². The van der Waals surface area contributed by atoms with Gasteiger partial charge in [0.05, 0.1) is 4.90 Å². The second kappa shape index (κ2) is 13.4. The zero-order valence-electron chi connectivity index (χ0n) is 22.5. The molecule has 0 saturated heterocycles. The largest absolute Gasteiger partial charge is 0.460 e. The molecule has 0 amide bonds. The van der Waals surface area contributed by atoms with E-state index < -0.39 is 40.0 Å². The van der Waals surface area contributed by atoms with Crippen LogP contribution in [0.1, 0.15) is 22.3 Å². The Morgan fingerprint density at radius 3 is 1.71 bits per heavy atom. The minimum absolute atomic E-state index is 0.149. The number of rotatable bonds is 12. The van der Waals surface area contributed by atoms with Crippen LogP contribution < -0.4 is 4.72 Å². The first-order valence-corrected chi connectivity index (χ1v) is 14.4. The van der Waals surface area contributed by atoms with Crippen molar-refractivity contribution in [1.82, 2.24) is 4.72 Å². The van der Waals surface area contributed by atoms with Crippen LogP contribution in [0.5, 0.6) is 0 Å². The molecule has 0 aliphatic heterocycles. The predicted molar refractivity (Wildman–Crippen MR) is 153 cm³/mol. The Morgan fingerprint density at radius 1 is 0.732 bits per heavy atom. The summed E-state index contributed by atoms with van der Waals surface area (Å²) in [7, 11) is -4.40. The molecule has 4 aromatic carbocycles. The minimum atomic E-state index is -4.40. The average molecular weight is 574 g/mol. The van der Waals surface area contributed by atoms with Gasteiger partial charge in [-0.2, -0.15) is 4.72 Å². The molecule has 0 aliphatic carbocycles. The third-order valence-corrected chi connectivity index (χ3v) is 7.86. The van der Waals surface area contributed by atoms with Crippen molar-refractivity contribution in [2.45, 2.75) is 43.1 Å². The van der Waals surface area contributed by atoms with E-state index in [1.165, 1.54) is 12.1 Å². The highest BCUT2D eigenvalue weighted by atomic mass is 32.2. The van der Waals surface area contributed by atoms with E-state index in [1.54, 1.807) is 110 Å². The zero-order valence-corrected chi connectivity index (χ0v) is 23.3. The summed E-state index contributed by atoms with van der Waals surface area (Å²) in [5.74, 6) is -2.32. The number of carbonyl (C=O) groups excluding carboxylic acids is 2. The van der Waals surface area contributed by atoms with Gasteiger partial charge in [0.1, 0.15) is 13.2 Å². The van der Waals surface area contributed by atoms with Gasteiger partial charge in [-0.3, -0.25) is 4.79 Å². The number of sulfonamides is 1. The van der Waals surface area contributed by atoms with Crippen molar-refractivity contribution in [3.63, 3.8) is 0 Å². The maximum absolute atomic E-state index is 13.6. The molecule has 0 aromatic heterocycles. The van der Waals surface area contributed by atoms with Gasteiger partial charge >= 0.3 is 11.9 Å². The standard InChI is InChI=1S/C32H31NO7S/c1-24-17-19-28(20-18-24)41(37,38)33-29(30(34)39-22-26-13-7-3-8-14-26)32(36,21-25-11-5-2-6-12-25)31(35)40-23-27-15-9-4-10-16-27/h2-20,29,33,36H,21-23H2,1H3/t29-,32+/m0/s1. The summed E-state index contributed by atoms with van der Waals surface area (Å²) in [6, 6.07) is 29.9. The number of nitrogens with one attached hydrogen (secondary N) is 1. The van der Waals surface area contributed by atoms with E-state index in [0.29, 0.717) is 16.7 Å². The number of hydrogen-bond acceptors (Lipinski definition) is 7. The highest BCUT2D eigenvalue weighted by Gasteiger charge is 2.52. The van der Waals surface area contributed by atoms with Crippen molar-refractivity contribution in [3.8, 4) is 0 Å². The van der Waals surface area contributed by atoms with E-state index in [4.69, 9.17) is 9.47 Å². The van der Waals surface area contributed by atoms with E-state index in [2.05, 4.69) is 4.72 Å². The summed E-state index contributed by atoms with van der Waals surface area (Å²) < 4.78 is 40.1. The molecule has 0 unspecified atom stereocenters. The predicted octanol–water partition coefficient (Wildman–Crippen LogP) is 4.10. The first-order chi connectivity index (χ1) is 19.7. The Hall–Kier alpha value is -4.31. The number of hydrogen-bond donors (Lipinski definition) is 2. The van der Waals surface area contributed by atoms with Gasteiger partial charge in [0.2, 0.25) is 10.0 Å². The molecular weight excluding hydrogens is 542 g/mol. The maximum atomic E-state index is 13.6. The summed E-state index contributed by atoms with van der Waals surface area (Å²) in [6.45, 7) is 1.39. The number of carbonyl (C=O) groups is 2. The van der Waals surface area contributed by atoms with Gasteiger partial charge in [0, 0.05) is 6.42 Å². The maximum Gasteiger partial charge on any atom is 0.341 e. The second-order valence-corrected chi connectivity index (χ2v) is 11.3. The van der Waals surface area contributed by atoms with Crippen LogP contribution in [0.25, 0.3) is 0 Å². The summed E-state index contributed by atoms with van der Waals surface area (Å²) in [4.78, 5) is 27.0. The Morgan fingerprint density at radius 2 is 1.20 bits per heavy atom. The van der Waals surface area contributed by atoms with E-state index in [0.717, 1.165) is 5.56 Å². The first kappa shape index (κ1) is 29.7. The Kier molecular flexibility index (Phi) is 9.67. The molecule has 0 saturated carbocycles. The SMILES string of the molecule is Cc1ccc(S(=O)(=O)N[C@@H](C(=O)OCc2ccccc2)[C@](O)(Cc2ccccc2)C(=O)OCc2ccccc2)cc1. The monoisotopic (exact) mass is 573 g/mol. The lowest BCUT2D eigenvalue weighted by Gasteiger charge is -2.33. The highest BCUT2D eigenvalue weighted by Crippen LogP contribution is 2.25. The first-order valence-electron chi connectivity index (χ1n) is 12.9. The summed E-state index contributed by atoms with van der Waals surface area (Å²) >= 11 is 0. The van der Waals surface area contributed by atoms with Crippen molar-refractivity contribution < 1.29 is 32.6 Å². The van der Waals surface area contributed by atoms with E-state index in [9.17, 15) is 23.1 Å². The number of aliphatic hydroxyl groups is 1. The molecule has 0 heterocycles. The van der Waals surface area contributed by atoms with Crippen LogP contribution in [0.4, 0.5) is 0 Å². The molecule has 2 atom stereocenters. The fourth-order valence-electron chi connectivity index (χ4n) is 4.14. The van der Waals surface area contributed by atoms with Gasteiger partial charge in [0.15, 0.2) is 11.6 Å². The van der Waals surface area contributed by atoms with Crippen LogP contribution in [0.15, 0.2) is 120 Å². The van der Waals surface area contributed by atoms with E-state index >= 15 is 0 Å². The third-order valence-electron chi connectivity index (χ3n) is 6.42. The smallest absolute Gasteiger partial charge is 0.341 e. The van der Waals surface area contributed by atoms with Crippen LogP contribution in [0.3, 0.4) is 0 Å². The fraction of sp³-hybridized carbons (Fsp3) is 0.188. The zero-order chi connectivity index (χ0) is 29.3. The molecule has 41 heavy (non-hydrogen) atoms. The highest BCUT2D eigenvalue weighted by molar-refractivity contribution is 7.89. The molecule has 0 aliphatic rings. The summed E-state index contributed by atoms with van der Waals surface area (Å²) in [6.07, 6.45) is -0.428. The van der Waals surface area contributed by atoms with Gasteiger partial charge < -0.3 is 14.6 Å². The van der Waals surface area contributed by atoms with E-state index in [-0.39, 0.29) is 18.1 Å². The van der Waals surface area contributed by atoms with Gasteiger partial charge in [-0.25, -0.2) is 13.2 Å². The van der Waals surface area contributed by atoms with Gasteiger partial charge in [-0.05, 0) is 35.7 Å². The van der Waals surface area contributed by atoms with Crippen LogP contribution in [0.2, 0.25) is 0 Å². The quantitative estimate of drug-likeness (QED) is 0.245. The van der Waals surface area contributed by atoms with Gasteiger partial charge in [0.25, 0.3) is 0 Å². The van der Waals surface area contributed by atoms with Crippen LogP contribution >= 0.6 is 0 Å². The lowest BCUT2D eigenvalue weighted by atomic mass is 9.87. The number of ether oxygens (including phenoxy) is 2. The molecule has 0 spiro atoms. The van der Waals surface area contributed by atoms with Crippen LogP contribution in [-0.2, 0) is 48.7 Å². The molecule has 9 heteroatoms. The molecule has 212 valence electrons. The summed E-state index contributed by atoms with van der Waals surface area (Å²) in [5.41, 5.74) is -0.0812. The van der Waals surface area contributed by atoms with Gasteiger partial charge in [-0.1, -0.05) is 109 Å². The Labute approximate surface area is 239 Å². The number of benzene rings is 4. The van der Waals surface area contributed by atoms with Crippen LogP contribution in [-0.4, -0.2) is 37.1 Å². The molecule has 0 fully saturated rings. The number of esters is 2. The molecule has 0 bridgehead atoms. The van der Waals surface area contributed by atoms with E-state index in [1.807, 2.05) is 0 Å². The average Bonchev–Trinajstić information content (AvgIpc) is 2.99. The lowest BCUT2D eigenvalue weighted by molar-refractivity contribution is -0.177. The van der Waals surface area contributed by atoms with Crippen LogP contribution in [0, 0.1) is 6.92 Å². The third kappa shape index (κ3) is 7.88. The topological polar surface area (TPSA) is 119 Å². The van der Waals surface area contributed by atoms with Gasteiger partial charge in [-0.15, -0.1) is 0 Å². The fourth-order valence-corrected chi connectivity index (χ4v) is 5.37. The Balaban J connectivity index is 1.71. The normalized spacial score (nSPS) is 13.5. The molecule has 4 aromatic rings. The lowest BCUT2D eigenvalue weighted by Crippen LogP contribution is -2.63. The van der Waals surface area contributed by atoms with Crippen molar-refractivity contribution in [3.05, 3.63) is 138 Å².